The van der Waals surface area contributed by atoms with Crippen LogP contribution in [0, 0.1) is 0 Å². The second-order valence-corrected chi connectivity index (χ2v) is 6.09. The van der Waals surface area contributed by atoms with Gasteiger partial charge in [0, 0.05) is 0 Å². The van der Waals surface area contributed by atoms with Crippen molar-refractivity contribution in [2.24, 2.45) is 0 Å². The summed E-state index contributed by atoms with van der Waals surface area (Å²) in [6, 6.07) is 16.8. The van der Waals surface area contributed by atoms with Crippen LogP contribution in [0.1, 0.15) is 67.9 Å². The van der Waals surface area contributed by atoms with Crippen molar-refractivity contribution < 1.29 is 5.11 Å². The predicted molar refractivity (Wildman–Crippen MR) is 94.2 cm³/mol. The van der Waals surface area contributed by atoms with Crippen LogP contribution in [0.5, 0.6) is 0 Å². The third-order valence-corrected chi connectivity index (χ3v) is 4.23. The molecule has 2 rings (SSSR count). The lowest BCUT2D eigenvalue weighted by atomic mass is 9.97. The lowest BCUT2D eigenvalue weighted by Crippen LogP contribution is -2.00. The Morgan fingerprint density at radius 2 is 1.05 bits per heavy atom. The maximum Gasteiger partial charge on any atom is 0.104 e. The van der Waals surface area contributed by atoms with E-state index in [0.29, 0.717) is 0 Å². The largest absolute Gasteiger partial charge is 0.384 e. The Balaban J connectivity index is 2.02. The third kappa shape index (κ3) is 4.71. The van der Waals surface area contributed by atoms with Gasteiger partial charge in [-0.1, -0.05) is 75.2 Å². The summed E-state index contributed by atoms with van der Waals surface area (Å²) in [5.74, 6) is 0. The fourth-order valence-electron chi connectivity index (χ4n) is 2.69. The Labute approximate surface area is 135 Å². The van der Waals surface area contributed by atoms with Crippen molar-refractivity contribution in [2.45, 2.75) is 58.5 Å². The number of hydrogen-bond acceptors (Lipinski definition) is 1. The van der Waals surface area contributed by atoms with E-state index in [-0.39, 0.29) is 0 Å². The molecule has 0 aromatic heterocycles. The van der Waals surface area contributed by atoms with Crippen LogP contribution >= 0.6 is 0 Å². The van der Waals surface area contributed by atoms with Gasteiger partial charge in [-0.25, -0.2) is 0 Å². The van der Waals surface area contributed by atoms with E-state index in [1.54, 1.807) is 0 Å². The van der Waals surface area contributed by atoms with Crippen LogP contribution < -0.4 is 0 Å². The smallest absolute Gasteiger partial charge is 0.104 e. The topological polar surface area (TPSA) is 20.2 Å². The van der Waals surface area contributed by atoms with E-state index < -0.39 is 6.10 Å². The Kier molecular flexibility index (Phi) is 6.67. The van der Waals surface area contributed by atoms with Gasteiger partial charge >= 0.3 is 0 Å². The predicted octanol–water partition coefficient (Wildman–Crippen LogP) is 5.45. The molecule has 2 aromatic carbocycles. The van der Waals surface area contributed by atoms with Crippen LogP contribution in [0.2, 0.25) is 0 Å². The van der Waals surface area contributed by atoms with Crippen molar-refractivity contribution in [3.8, 4) is 0 Å². The maximum atomic E-state index is 10.5. The Hall–Kier alpha value is -1.60. The fourth-order valence-corrected chi connectivity index (χ4v) is 2.69. The van der Waals surface area contributed by atoms with E-state index in [1.165, 1.54) is 36.8 Å². The number of benzene rings is 2. The molecule has 0 aliphatic rings. The Morgan fingerprint density at radius 3 is 1.36 bits per heavy atom. The van der Waals surface area contributed by atoms with Gasteiger partial charge in [-0.3, -0.25) is 0 Å². The Morgan fingerprint density at radius 1 is 0.682 bits per heavy atom. The molecule has 0 atom stereocenters. The molecule has 0 fully saturated rings. The van der Waals surface area contributed by atoms with Gasteiger partial charge in [0.15, 0.2) is 0 Å². The van der Waals surface area contributed by atoms with Gasteiger partial charge < -0.3 is 5.11 Å². The van der Waals surface area contributed by atoms with Crippen LogP contribution in [0.15, 0.2) is 48.5 Å². The highest BCUT2D eigenvalue weighted by molar-refractivity contribution is 5.33. The highest BCUT2D eigenvalue weighted by Gasteiger charge is 2.10. The first-order chi connectivity index (χ1) is 10.7. The van der Waals surface area contributed by atoms with E-state index in [2.05, 4.69) is 62.4 Å². The van der Waals surface area contributed by atoms with Crippen molar-refractivity contribution >= 4 is 0 Å². The molecule has 0 amide bonds. The molecule has 0 bridgehead atoms. The van der Waals surface area contributed by atoms with Crippen molar-refractivity contribution in [1.82, 2.24) is 0 Å². The molecular formula is C21H28O. The zero-order valence-corrected chi connectivity index (χ0v) is 13.9. The summed E-state index contributed by atoms with van der Waals surface area (Å²) in [4.78, 5) is 0. The summed E-state index contributed by atoms with van der Waals surface area (Å²) < 4.78 is 0. The normalized spacial score (nSPS) is 11.1. The van der Waals surface area contributed by atoms with Gasteiger partial charge in [-0.05, 0) is 47.9 Å². The molecule has 0 aliphatic heterocycles. The van der Waals surface area contributed by atoms with Crippen LogP contribution in [0.4, 0.5) is 0 Å². The fraction of sp³-hybridized carbons (Fsp3) is 0.429. The SMILES string of the molecule is CCCCc1ccc(C(O)c2ccc(CCCC)cc2)cc1. The lowest BCUT2D eigenvalue weighted by molar-refractivity contribution is 0.220. The number of aliphatic hydroxyl groups excluding tert-OH is 1. The molecule has 0 saturated heterocycles. The standard InChI is InChI=1S/C21H28O/c1-3-5-7-17-9-13-19(14-10-17)21(22)20-15-11-18(12-16-20)8-6-4-2/h9-16,21-22H,3-8H2,1-2H3. The van der Waals surface area contributed by atoms with Crippen LogP contribution in [0.25, 0.3) is 0 Å². The molecule has 0 unspecified atom stereocenters. The van der Waals surface area contributed by atoms with Crippen molar-refractivity contribution in [3.05, 3.63) is 70.8 Å². The first-order valence-corrected chi connectivity index (χ1v) is 8.60. The molecule has 22 heavy (non-hydrogen) atoms. The van der Waals surface area contributed by atoms with Crippen molar-refractivity contribution in [1.29, 1.82) is 0 Å². The molecule has 0 saturated carbocycles. The summed E-state index contributed by atoms with van der Waals surface area (Å²) in [6.07, 6.45) is 6.60. The van der Waals surface area contributed by atoms with E-state index in [0.717, 1.165) is 24.0 Å². The molecule has 0 aliphatic carbocycles. The van der Waals surface area contributed by atoms with Gasteiger partial charge in [0.1, 0.15) is 6.10 Å². The summed E-state index contributed by atoms with van der Waals surface area (Å²) in [5.41, 5.74) is 4.66. The number of aryl methyl sites for hydroxylation is 2. The first kappa shape index (κ1) is 16.8. The zero-order valence-electron chi connectivity index (χ0n) is 13.9. The van der Waals surface area contributed by atoms with E-state index >= 15 is 0 Å². The zero-order chi connectivity index (χ0) is 15.8. The maximum absolute atomic E-state index is 10.5. The second kappa shape index (κ2) is 8.75. The summed E-state index contributed by atoms with van der Waals surface area (Å²) in [7, 11) is 0. The number of aliphatic hydroxyl groups is 1. The van der Waals surface area contributed by atoms with Gasteiger partial charge in [-0.15, -0.1) is 0 Å². The van der Waals surface area contributed by atoms with Gasteiger partial charge in [0.2, 0.25) is 0 Å². The molecule has 1 N–H and O–H groups in total. The monoisotopic (exact) mass is 296 g/mol. The van der Waals surface area contributed by atoms with Crippen LogP contribution in [-0.2, 0) is 12.8 Å². The second-order valence-electron chi connectivity index (χ2n) is 6.09. The number of hydrogen-bond donors (Lipinski definition) is 1. The van der Waals surface area contributed by atoms with E-state index in [4.69, 9.17) is 0 Å². The first-order valence-electron chi connectivity index (χ1n) is 8.60. The molecule has 1 nitrogen and oxygen atoms in total. The average molecular weight is 296 g/mol. The summed E-state index contributed by atoms with van der Waals surface area (Å²) in [6.45, 7) is 4.42. The molecule has 2 aromatic rings. The van der Waals surface area contributed by atoms with Crippen LogP contribution in [0.3, 0.4) is 0 Å². The lowest BCUT2D eigenvalue weighted by Gasteiger charge is -2.13. The number of unbranched alkanes of at least 4 members (excludes halogenated alkanes) is 2. The quantitative estimate of drug-likeness (QED) is 0.686. The van der Waals surface area contributed by atoms with Gasteiger partial charge in [-0.2, -0.15) is 0 Å². The summed E-state index contributed by atoms with van der Waals surface area (Å²) in [5, 5.41) is 10.5. The molecule has 0 radical (unpaired) electrons. The minimum absolute atomic E-state index is 0.527. The molecule has 0 spiro atoms. The Bertz CT molecular complexity index is 488. The molecule has 0 heterocycles. The highest BCUT2D eigenvalue weighted by Crippen LogP contribution is 2.23. The van der Waals surface area contributed by atoms with Crippen molar-refractivity contribution in [2.75, 3.05) is 0 Å². The highest BCUT2D eigenvalue weighted by atomic mass is 16.3. The minimum atomic E-state index is -0.527. The van der Waals surface area contributed by atoms with E-state index in [9.17, 15) is 5.11 Å². The van der Waals surface area contributed by atoms with Crippen molar-refractivity contribution in [3.63, 3.8) is 0 Å². The van der Waals surface area contributed by atoms with Gasteiger partial charge in [0.25, 0.3) is 0 Å². The molecule has 118 valence electrons. The molecule has 1 heteroatoms. The van der Waals surface area contributed by atoms with E-state index in [1.807, 2.05) is 0 Å². The minimum Gasteiger partial charge on any atom is -0.384 e. The third-order valence-electron chi connectivity index (χ3n) is 4.23. The number of rotatable bonds is 8. The summed E-state index contributed by atoms with van der Waals surface area (Å²) >= 11 is 0. The average Bonchev–Trinajstić information content (AvgIpc) is 2.58. The van der Waals surface area contributed by atoms with Crippen LogP contribution in [-0.4, -0.2) is 5.11 Å². The van der Waals surface area contributed by atoms with Gasteiger partial charge in [0.05, 0.1) is 0 Å². The molecular weight excluding hydrogens is 268 g/mol.